The van der Waals surface area contributed by atoms with Gasteiger partial charge in [-0.1, -0.05) is 19.1 Å². The molecule has 0 spiro atoms. The zero-order valence-corrected chi connectivity index (χ0v) is 17.0. The Morgan fingerprint density at radius 1 is 1.27 bits per heavy atom. The number of ether oxygens (including phenoxy) is 2. The van der Waals surface area contributed by atoms with E-state index in [-0.39, 0.29) is 17.8 Å². The van der Waals surface area contributed by atoms with Crippen LogP contribution in [0.1, 0.15) is 23.7 Å². The van der Waals surface area contributed by atoms with Gasteiger partial charge in [0, 0.05) is 24.8 Å². The zero-order valence-electron chi connectivity index (χ0n) is 17.0. The Labute approximate surface area is 174 Å². The van der Waals surface area contributed by atoms with Crippen LogP contribution in [0.5, 0.6) is 5.75 Å². The second-order valence-electron chi connectivity index (χ2n) is 7.20. The summed E-state index contributed by atoms with van der Waals surface area (Å²) in [7, 11) is 1.60. The van der Waals surface area contributed by atoms with Crippen molar-refractivity contribution < 1.29 is 18.7 Å². The van der Waals surface area contributed by atoms with E-state index < -0.39 is 0 Å². The van der Waals surface area contributed by atoms with Crippen LogP contribution in [0, 0.1) is 5.82 Å². The van der Waals surface area contributed by atoms with Gasteiger partial charge < -0.3 is 14.4 Å². The molecule has 1 atom stereocenters. The number of aromatic nitrogens is 2. The topological polar surface area (TPSA) is 56.6 Å². The standard InChI is InChI=1S/C23H24FN3O3/c1-3-19-14-26(11-12-30-19)23(28)21-15-27(18-9-7-17(24)8-10-18)25-22(21)16-5-4-6-20(13-16)29-2/h4-10,13,15,19H,3,11-12,14H2,1-2H3/t19-/m0/s1. The predicted molar refractivity (Wildman–Crippen MR) is 111 cm³/mol. The predicted octanol–water partition coefficient (Wildman–Crippen LogP) is 3.94. The number of hydrogen-bond donors (Lipinski definition) is 0. The third kappa shape index (κ3) is 4.07. The lowest BCUT2D eigenvalue weighted by atomic mass is 10.1. The van der Waals surface area contributed by atoms with E-state index in [4.69, 9.17) is 9.47 Å². The van der Waals surface area contributed by atoms with E-state index in [0.717, 1.165) is 12.0 Å². The van der Waals surface area contributed by atoms with Crippen molar-refractivity contribution >= 4 is 5.91 Å². The van der Waals surface area contributed by atoms with E-state index >= 15 is 0 Å². The lowest BCUT2D eigenvalue weighted by molar-refractivity contribution is -0.0226. The van der Waals surface area contributed by atoms with Crippen LogP contribution in [0.25, 0.3) is 16.9 Å². The molecule has 3 aromatic rings. The molecule has 4 rings (SSSR count). The zero-order chi connectivity index (χ0) is 21.1. The monoisotopic (exact) mass is 409 g/mol. The van der Waals surface area contributed by atoms with Gasteiger partial charge in [0.25, 0.3) is 5.91 Å². The van der Waals surface area contributed by atoms with Gasteiger partial charge in [-0.15, -0.1) is 0 Å². The summed E-state index contributed by atoms with van der Waals surface area (Å²) < 4.78 is 26.0. The Morgan fingerprint density at radius 2 is 2.07 bits per heavy atom. The molecule has 0 N–H and O–H groups in total. The second kappa shape index (κ2) is 8.67. The lowest BCUT2D eigenvalue weighted by Crippen LogP contribution is -2.45. The number of morpholine rings is 1. The number of carbonyl (C=O) groups excluding carboxylic acids is 1. The molecule has 2 aromatic carbocycles. The number of benzene rings is 2. The van der Waals surface area contributed by atoms with Crippen LogP contribution in [-0.2, 0) is 4.74 Å². The molecule has 0 unspecified atom stereocenters. The van der Waals surface area contributed by atoms with Gasteiger partial charge in [0.1, 0.15) is 17.3 Å². The number of methoxy groups -OCH3 is 1. The number of carbonyl (C=O) groups is 1. The fourth-order valence-electron chi connectivity index (χ4n) is 3.56. The van der Waals surface area contributed by atoms with Gasteiger partial charge in [-0.25, -0.2) is 9.07 Å². The summed E-state index contributed by atoms with van der Waals surface area (Å²) in [4.78, 5) is 15.2. The molecule has 1 fully saturated rings. The van der Waals surface area contributed by atoms with Crippen LogP contribution in [0.15, 0.2) is 54.7 Å². The van der Waals surface area contributed by atoms with Gasteiger partial charge in [-0.3, -0.25) is 4.79 Å². The maximum absolute atomic E-state index is 13.4. The van der Waals surface area contributed by atoms with Crippen molar-refractivity contribution in [3.8, 4) is 22.7 Å². The van der Waals surface area contributed by atoms with Gasteiger partial charge in [0.2, 0.25) is 0 Å². The molecule has 1 aliphatic heterocycles. The Bertz CT molecular complexity index is 1030. The number of hydrogen-bond acceptors (Lipinski definition) is 4. The Morgan fingerprint density at radius 3 is 2.80 bits per heavy atom. The molecule has 1 amide bonds. The maximum Gasteiger partial charge on any atom is 0.257 e. The molecule has 6 nitrogen and oxygen atoms in total. The highest BCUT2D eigenvalue weighted by molar-refractivity contribution is 6.00. The van der Waals surface area contributed by atoms with Crippen molar-refractivity contribution in [2.45, 2.75) is 19.4 Å². The number of halogens is 1. The first-order chi connectivity index (χ1) is 14.6. The summed E-state index contributed by atoms with van der Waals surface area (Å²) in [5, 5.41) is 4.67. The van der Waals surface area contributed by atoms with Crippen LogP contribution in [0.4, 0.5) is 4.39 Å². The first kappa shape index (κ1) is 20.1. The van der Waals surface area contributed by atoms with E-state index in [1.54, 1.807) is 30.1 Å². The first-order valence-corrected chi connectivity index (χ1v) is 10.00. The summed E-state index contributed by atoms with van der Waals surface area (Å²) in [6.45, 7) is 3.65. The largest absolute Gasteiger partial charge is 0.497 e. The molecule has 1 saturated heterocycles. The summed E-state index contributed by atoms with van der Waals surface area (Å²) in [5.74, 6) is 0.261. The van der Waals surface area contributed by atoms with Gasteiger partial charge in [0.15, 0.2) is 0 Å². The maximum atomic E-state index is 13.4. The highest BCUT2D eigenvalue weighted by atomic mass is 19.1. The minimum Gasteiger partial charge on any atom is -0.497 e. The lowest BCUT2D eigenvalue weighted by Gasteiger charge is -2.32. The molecular weight excluding hydrogens is 385 g/mol. The summed E-state index contributed by atoms with van der Waals surface area (Å²) in [5.41, 5.74) is 2.50. The molecule has 7 heteroatoms. The van der Waals surface area contributed by atoms with E-state index in [1.165, 1.54) is 12.1 Å². The molecule has 1 aromatic heterocycles. The van der Waals surface area contributed by atoms with Gasteiger partial charge in [0.05, 0.1) is 31.1 Å². The third-order valence-electron chi connectivity index (χ3n) is 5.26. The van der Waals surface area contributed by atoms with E-state index in [2.05, 4.69) is 5.10 Å². The molecule has 0 saturated carbocycles. The average molecular weight is 409 g/mol. The molecule has 30 heavy (non-hydrogen) atoms. The van der Waals surface area contributed by atoms with Crippen molar-refractivity contribution in [2.75, 3.05) is 26.8 Å². The van der Waals surface area contributed by atoms with Crippen molar-refractivity contribution in [1.29, 1.82) is 0 Å². The van der Waals surface area contributed by atoms with Crippen LogP contribution >= 0.6 is 0 Å². The molecule has 0 bridgehead atoms. The van der Waals surface area contributed by atoms with E-state index in [9.17, 15) is 9.18 Å². The highest BCUT2D eigenvalue weighted by Gasteiger charge is 2.28. The van der Waals surface area contributed by atoms with Crippen LogP contribution in [0.3, 0.4) is 0 Å². The van der Waals surface area contributed by atoms with E-state index in [1.807, 2.05) is 36.1 Å². The number of nitrogens with zero attached hydrogens (tertiary/aromatic N) is 3. The minimum atomic E-state index is -0.325. The molecular formula is C23H24FN3O3. The second-order valence-corrected chi connectivity index (χ2v) is 7.20. The fourth-order valence-corrected chi connectivity index (χ4v) is 3.56. The van der Waals surface area contributed by atoms with E-state index in [0.29, 0.717) is 42.4 Å². The molecule has 1 aliphatic rings. The van der Waals surface area contributed by atoms with Crippen molar-refractivity contribution in [2.24, 2.45) is 0 Å². The summed E-state index contributed by atoms with van der Waals surface area (Å²) in [6, 6.07) is 13.5. The molecule has 156 valence electrons. The number of amides is 1. The quantitative estimate of drug-likeness (QED) is 0.641. The van der Waals surface area contributed by atoms with Gasteiger partial charge in [-0.05, 0) is 42.8 Å². The number of rotatable bonds is 5. The Hall–Kier alpha value is -3.19. The minimum absolute atomic E-state index is 0.0371. The van der Waals surface area contributed by atoms with Crippen LogP contribution < -0.4 is 4.74 Å². The van der Waals surface area contributed by atoms with Gasteiger partial charge in [-0.2, -0.15) is 5.10 Å². The molecule has 0 aliphatic carbocycles. The fraction of sp³-hybridized carbons (Fsp3) is 0.304. The Balaban J connectivity index is 1.76. The highest BCUT2D eigenvalue weighted by Crippen LogP contribution is 2.28. The average Bonchev–Trinajstić information content (AvgIpc) is 3.24. The summed E-state index contributed by atoms with van der Waals surface area (Å²) in [6.07, 6.45) is 2.59. The van der Waals surface area contributed by atoms with Crippen LogP contribution in [0.2, 0.25) is 0 Å². The van der Waals surface area contributed by atoms with Gasteiger partial charge >= 0.3 is 0 Å². The SMILES string of the molecule is CC[C@H]1CN(C(=O)c2cn(-c3ccc(F)cc3)nc2-c2cccc(OC)c2)CCO1. The normalized spacial score (nSPS) is 16.5. The summed E-state index contributed by atoms with van der Waals surface area (Å²) >= 11 is 0. The molecule has 0 radical (unpaired) electrons. The third-order valence-corrected chi connectivity index (χ3v) is 5.26. The van der Waals surface area contributed by atoms with Crippen molar-refractivity contribution in [1.82, 2.24) is 14.7 Å². The van der Waals surface area contributed by atoms with Crippen molar-refractivity contribution in [3.63, 3.8) is 0 Å². The Kier molecular flexibility index (Phi) is 5.81. The first-order valence-electron chi connectivity index (χ1n) is 10.00. The van der Waals surface area contributed by atoms with Crippen molar-refractivity contribution in [3.05, 3.63) is 66.1 Å². The smallest absolute Gasteiger partial charge is 0.257 e. The van der Waals surface area contributed by atoms with Crippen LogP contribution in [-0.4, -0.2) is 53.5 Å². The molecule has 2 heterocycles.